The molecule has 1 saturated heterocycles. The lowest BCUT2D eigenvalue weighted by Crippen LogP contribution is -2.50. The molecule has 0 spiro atoms. The Morgan fingerprint density at radius 2 is 1.94 bits per heavy atom. The molecule has 1 saturated carbocycles. The summed E-state index contributed by atoms with van der Waals surface area (Å²) in [6.45, 7) is 4.22. The van der Waals surface area contributed by atoms with E-state index in [1.54, 1.807) is 0 Å². The van der Waals surface area contributed by atoms with E-state index in [9.17, 15) is 0 Å². The van der Waals surface area contributed by atoms with Crippen LogP contribution in [0.25, 0.3) is 0 Å². The molecule has 0 radical (unpaired) electrons. The first-order valence-electron chi connectivity index (χ1n) is 7.78. The van der Waals surface area contributed by atoms with Crippen LogP contribution in [0.15, 0.2) is 0 Å². The Morgan fingerprint density at radius 1 is 1.11 bits per heavy atom. The van der Waals surface area contributed by atoms with Crippen molar-refractivity contribution in [3.8, 4) is 11.8 Å². The Balaban J connectivity index is 1.81. The Labute approximate surface area is 112 Å². The fourth-order valence-electron chi connectivity index (χ4n) is 3.58. The Morgan fingerprint density at radius 3 is 2.72 bits per heavy atom. The van der Waals surface area contributed by atoms with Gasteiger partial charge in [-0.05, 0) is 45.1 Å². The number of rotatable bonds is 4. The summed E-state index contributed by atoms with van der Waals surface area (Å²) < 4.78 is 0. The van der Waals surface area contributed by atoms with Gasteiger partial charge in [0.2, 0.25) is 0 Å². The second-order valence-electron chi connectivity index (χ2n) is 5.74. The molecule has 2 rings (SSSR count). The first kappa shape index (κ1) is 13.9. The van der Waals surface area contributed by atoms with Crippen molar-refractivity contribution in [1.29, 1.82) is 0 Å². The van der Waals surface area contributed by atoms with Gasteiger partial charge in [0.05, 0.1) is 0 Å². The zero-order chi connectivity index (χ0) is 12.6. The minimum Gasteiger partial charge on any atom is -0.314 e. The summed E-state index contributed by atoms with van der Waals surface area (Å²) in [5.74, 6) is 6.99. The third-order valence-electron chi connectivity index (χ3n) is 4.52. The first-order chi connectivity index (χ1) is 8.92. The predicted molar refractivity (Wildman–Crippen MR) is 77.5 cm³/mol. The Bertz CT molecular complexity index is 283. The molecular formula is C16H28N2. The van der Waals surface area contributed by atoms with Gasteiger partial charge in [0.1, 0.15) is 0 Å². The van der Waals surface area contributed by atoms with Gasteiger partial charge in [-0.3, -0.25) is 0 Å². The molecule has 0 bridgehead atoms. The highest BCUT2D eigenvalue weighted by Gasteiger charge is 2.31. The lowest BCUT2D eigenvalue weighted by molar-refractivity contribution is 0.183. The summed E-state index contributed by atoms with van der Waals surface area (Å²) in [4.78, 5) is 0. The van der Waals surface area contributed by atoms with E-state index in [0.29, 0.717) is 0 Å². The summed E-state index contributed by atoms with van der Waals surface area (Å²) >= 11 is 0. The van der Waals surface area contributed by atoms with Crippen LogP contribution in [-0.2, 0) is 0 Å². The molecule has 1 heterocycles. The monoisotopic (exact) mass is 248 g/mol. The highest BCUT2D eigenvalue weighted by atomic mass is 15.0. The molecule has 0 aromatic carbocycles. The maximum atomic E-state index is 3.76. The van der Waals surface area contributed by atoms with E-state index in [4.69, 9.17) is 0 Å². The van der Waals surface area contributed by atoms with E-state index in [2.05, 4.69) is 22.5 Å². The standard InChI is InChI=1S/C16H28N2/c1-2-3-7-12-17-15-10-5-4-9-14(15)16-11-6-8-13-18-16/h14-18H,4-13H2,1H3. The van der Waals surface area contributed by atoms with Crippen molar-refractivity contribution in [2.24, 2.45) is 5.92 Å². The highest BCUT2D eigenvalue weighted by molar-refractivity contribution is 4.96. The quantitative estimate of drug-likeness (QED) is 0.590. The third kappa shape index (κ3) is 4.00. The molecule has 102 valence electrons. The Kier molecular flexibility index (Phi) is 6.04. The van der Waals surface area contributed by atoms with Crippen LogP contribution in [0.5, 0.6) is 0 Å². The summed E-state index contributed by atoms with van der Waals surface area (Å²) in [6.07, 6.45) is 10.8. The van der Waals surface area contributed by atoms with Gasteiger partial charge in [0, 0.05) is 25.0 Å². The van der Waals surface area contributed by atoms with Gasteiger partial charge in [-0.2, -0.15) is 0 Å². The van der Waals surface area contributed by atoms with Crippen LogP contribution in [0.3, 0.4) is 0 Å². The molecule has 1 aliphatic heterocycles. The van der Waals surface area contributed by atoms with Crippen molar-refractivity contribution in [3.05, 3.63) is 0 Å². The molecule has 0 amide bonds. The average Bonchev–Trinajstić information content (AvgIpc) is 2.45. The maximum absolute atomic E-state index is 3.76. The minimum atomic E-state index is 0.730. The summed E-state index contributed by atoms with van der Waals surface area (Å²) in [5, 5.41) is 7.51. The topological polar surface area (TPSA) is 24.1 Å². The average molecular weight is 248 g/mol. The maximum Gasteiger partial charge on any atom is 0.0214 e. The van der Waals surface area contributed by atoms with Gasteiger partial charge in [-0.1, -0.05) is 19.3 Å². The molecule has 2 nitrogen and oxygen atoms in total. The first-order valence-corrected chi connectivity index (χ1v) is 7.78. The number of hydrogen-bond donors (Lipinski definition) is 2. The smallest absolute Gasteiger partial charge is 0.0214 e. The molecule has 2 aliphatic rings. The van der Waals surface area contributed by atoms with Gasteiger partial charge in [0.25, 0.3) is 0 Å². The largest absolute Gasteiger partial charge is 0.314 e. The third-order valence-corrected chi connectivity index (χ3v) is 4.52. The fraction of sp³-hybridized carbons (Fsp3) is 0.875. The number of piperidine rings is 1. The second-order valence-corrected chi connectivity index (χ2v) is 5.74. The summed E-state index contributed by atoms with van der Waals surface area (Å²) in [7, 11) is 0. The second kappa shape index (κ2) is 7.81. The van der Waals surface area contributed by atoms with Crippen LogP contribution in [0.2, 0.25) is 0 Å². The van der Waals surface area contributed by atoms with Crippen molar-refractivity contribution >= 4 is 0 Å². The molecule has 18 heavy (non-hydrogen) atoms. The van der Waals surface area contributed by atoms with Crippen molar-refractivity contribution in [3.63, 3.8) is 0 Å². The zero-order valence-electron chi connectivity index (χ0n) is 11.8. The van der Waals surface area contributed by atoms with Crippen molar-refractivity contribution in [2.75, 3.05) is 13.1 Å². The fourth-order valence-corrected chi connectivity index (χ4v) is 3.58. The SMILES string of the molecule is CC#CCCNC1CCCCC1C1CCCCN1. The predicted octanol–water partition coefficient (Wildman–Crippen LogP) is 2.69. The molecule has 2 fully saturated rings. The normalized spacial score (nSPS) is 32.6. The van der Waals surface area contributed by atoms with Gasteiger partial charge in [-0.25, -0.2) is 0 Å². The number of nitrogens with one attached hydrogen (secondary N) is 2. The lowest BCUT2D eigenvalue weighted by Gasteiger charge is -2.40. The lowest BCUT2D eigenvalue weighted by atomic mass is 9.77. The van der Waals surface area contributed by atoms with Gasteiger partial charge in [-0.15, -0.1) is 11.8 Å². The van der Waals surface area contributed by atoms with Crippen molar-refractivity contribution in [2.45, 2.75) is 70.4 Å². The van der Waals surface area contributed by atoms with Crippen LogP contribution in [0.1, 0.15) is 58.3 Å². The molecule has 1 aliphatic carbocycles. The van der Waals surface area contributed by atoms with E-state index >= 15 is 0 Å². The van der Waals surface area contributed by atoms with E-state index in [-0.39, 0.29) is 0 Å². The van der Waals surface area contributed by atoms with Crippen LogP contribution >= 0.6 is 0 Å². The van der Waals surface area contributed by atoms with Crippen molar-refractivity contribution < 1.29 is 0 Å². The van der Waals surface area contributed by atoms with Crippen LogP contribution in [-0.4, -0.2) is 25.2 Å². The van der Waals surface area contributed by atoms with E-state index in [1.807, 2.05) is 6.92 Å². The van der Waals surface area contributed by atoms with Crippen molar-refractivity contribution in [1.82, 2.24) is 10.6 Å². The van der Waals surface area contributed by atoms with Crippen LogP contribution < -0.4 is 10.6 Å². The summed E-state index contributed by atoms with van der Waals surface area (Å²) in [5.41, 5.74) is 0. The molecule has 2 N–H and O–H groups in total. The van der Waals surface area contributed by atoms with E-state index in [1.165, 1.54) is 51.5 Å². The van der Waals surface area contributed by atoms with E-state index < -0.39 is 0 Å². The summed E-state index contributed by atoms with van der Waals surface area (Å²) in [6, 6.07) is 1.50. The molecule has 2 heteroatoms. The van der Waals surface area contributed by atoms with Gasteiger partial charge in [0.15, 0.2) is 0 Å². The Hall–Kier alpha value is -0.520. The van der Waals surface area contributed by atoms with Crippen LogP contribution in [0.4, 0.5) is 0 Å². The molecule has 3 unspecified atom stereocenters. The van der Waals surface area contributed by atoms with Gasteiger partial charge < -0.3 is 10.6 Å². The molecule has 0 aromatic heterocycles. The van der Waals surface area contributed by atoms with E-state index in [0.717, 1.165) is 31.0 Å². The minimum absolute atomic E-state index is 0.730. The molecule has 3 atom stereocenters. The molecule has 0 aromatic rings. The zero-order valence-corrected chi connectivity index (χ0v) is 11.8. The number of hydrogen-bond acceptors (Lipinski definition) is 2. The van der Waals surface area contributed by atoms with Gasteiger partial charge >= 0.3 is 0 Å². The van der Waals surface area contributed by atoms with Crippen LogP contribution in [0, 0.1) is 17.8 Å². The highest BCUT2D eigenvalue weighted by Crippen LogP contribution is 2.30. The molecular weight excluding hydrogens is 220 g/mol.